The Labute approximate surface area is 145 Å². The van der Waals surface area contributed by atoms with E-state index in [1.807, 2.05) is 0 Å². The normalized spacial score (nSPS) is 11.7. The second-order valence-electron chi connectivity index (χ2n) is 6.85. The third-order valence-electron chi connectivity index (χ3n) is 2.23. The molecule has 0 radical (unpaired) electrons. The Balaban J connectivity index is 3.14. The Morgan fingerprint density at radius 2 is 1.54 bits per heavy atom. The second kappa shape index (κ2) is 7.21. The van der Waals surface area contributed by atoms with Gasteiger partial charge in [-0.05, 0) is 41.5 Å². The van der Waals surface area contributed by atoms with Crippen molar-refractivity contribution < 1.29 is 23.8 Å². The molecule has 1 aromatic rings. The third kappa shape index (κ3) is 6.19. The molecule has 134 valence electrons. The van der Waals surface area contributed by atoms with Crippen molar-refractivity contribution in [3.63, 3.8) is 0 Å². The van der Waals surface area contributed by atoms with Crippen LogP contribution in [-0.4, -0.2) is 40.3 Å². The fourth-order valence-electron chi connectivity index (χ4n) is 1.50. The van der Waals surface area contributed by atoms with Crippen LogP contribution in [0.15, 0.2) is 0 Å². The number of rotatable bonds is 3. The highest BCUT2D eigenvalue weighted by atomic mass is 35.5. The highest BCUT2D eigenvalue weighted by Gasteiger charge is 2.25. The van der Waals surface area contributed by atoms with Crippen LogP contribution in [0, 0.1) is 0 Å². The van der Waals surface area contributed by atoms with E-state index in [2.05, 4.69) is 15.3 Å². The Bertz CT molecular complexity index is 635. The van der Waals surface area contributed by atoms with Crippen LogP contribution in [-0.2, 0) is 9.47 Å². The number of ether oxygens (including phenoxy) is 3. The molecule has 8 nitrogen and oxygen atoms in total. The first-order valence-corrected chi connectivity index (χ1v) is 7.55. The van der Waals surface area contributed by atoms with E-state index in [-0.39, 0.29) is 22.5 Å². The molecule has 0 aliphatic rings. The van der Waals surface area contributed by atoms with Gasteiger partial charge < -0.3 is 14.2 Å². The zero-order valence-corrected chi connectivity index (χ0v) is 15.6. The highest BCUT2D eigenvalue weighted by Crippen LogP contribution is 2.30. The number of carbonyl (C=O) groups is 2. The van der Waals surface area contributed by atoms with E-state index in [1.165, 1.54) is 7.11 Å². The lowest BCUT2D eigenvalue weighted by molar-refractivity contribution is 0.00551. The van der Waals surface area contributed by atoms with Crippen molar-refractivity contribution in [1.29, 1.82) is 0 Å². The molecule has 0 spiro atoms. The quantitative estimate of drug-likeness (QED) is 0.651. The first-order valence-electron chi connectivity index (χ1n) is 7.17. The SMILES string of the molecule is COc1c(Cl)nc(C(=O)OC(C)(C)C)nc1NC(=O)OC(C)(C)C. The van der Waals surface area contributed by atoms with Gasteiger partial charge in [0.05, 0.1) is 7.11 Å². The summed E-state index contributed by atoms with van der Waals surface area (Å²) >= 11 is 5.99. The molecule has 0 aromatic carbocycles. The summed E-state index contributed by atoms with van der Waals surface area (Å²) in [5, 5.41) is 2.25. The Morgan fingerprint density at radius 3 is 2.00 bits per heavy atom. The summed E-state index contributed by atoms with van der Waals surface area (Å²) < 4.78 is 15.4. The molecule has 0 fully saturated rings. The molecule has 9 heteroatoms. The van der Waals surface area contributed by atoms with Crippen molar-refractivity contribution in [1.82, 2.24) is 9.97 Å². The van der Waals surface area contributed by atoms with Crippen molar-refractivity contribution >= 4 is 29.5 Å². The van der Waals surface area contributed by atoms with Gasteiger partial charge in [0.25, 0.3) is 0 Å². The Kier molecular flexibility index (Phi) is 5.99. The van der Waals surface area contributed by atoms with E-state index >= 15 is 0 Å². The van der Waals surface area contributed by atoms with Crippen LogP contribution >= 0.6 is 11.6 Å². The summed E-state index contributed by atoms with van der Waals surface area (Å²) in [5.41, 5.74) is -1.44. The fraction of sp³-hybridized carbons (Fsp3) is 0.600. The number of nitrogens with one attached hydrogen (secondary N) is 1. The van der Waals surface area contributed by atoms with E-state index in [9.17, 15) is 9.59 Å². The molecule has 1 aromatic heterocycles. The number of esters is 1. The average Bonchev–Trinajstić information content (AvgIpc) is 2.33. The lowest BCUT2D eigenvalue weighted by atomic mass is 10.2. The highest BCUT2D eigenvalue weighted by molar-refractivity contribution is 6.31. The number of nitrogens with zero attached hydrogens (tertiary/aromatic N) is 2. The van der Waals surface area contributed by atoms with E-state index < -0.39 is 23.3 Å². The monoisotopic (exact) mass is 359 g/mol. The number of halogens is 1. The minimum Gasteiger partial charge on any atom is -0.490 e. The fourth-order valence-corrected chi connectivity index (χ4v) is 1.75. The van der Waals surface area contributed by atoms with Crippen LogP contribution < -0.4 is 10.1 Å². The van der Waals surface area contributed by atoms with Crippen molar-refractivity contribution in [2.75, 3.05) is 12.4 Å². The van der Waals surface area contributed by atoms with Crippen LogP contribution in [0.5, 0.6) is 5.75 Å². The van der Waals surface area contributed by atoms with Gasteiger partial charge in [0.1, 0.15) is 11.2 Å². The summed E-state index contributed by atoms with van der Waals surface area (Å²) in [4.78, 5) is 31.8. The zero-order chi connectivity index (χ0) is 18.7. The maximum Gasteiger partial charge on any atom is 0.413 e. The maximum atomic E-state index is 12.1. The molecule has 1 rings (SSSR count). The van der Waals surface area contributed by atoms with E-state index in [0.717, 1.165) is 0 Å². The van der Waals surface area contributed by atoms with E-state index in [0.29, 0.717) is 0 Å². The van der Waals surface area contributed by atoms with Gasteiger partial charge in [0.15, 0.2) is 16.7 Å². The molecule has 0 saturated heterocycles. The van der Waals surface area contributed by atoms with Crippen molar-refractivity contribution in [2.45, 2.75) is 52.7 Å². The summed E-state index contributed by atoms with van der Waals surface area (Å²) in [6, 6.07) is 0. The lowest BCUT2D eigenvalue weighted by Crippen LogP contribution is -2.28. The van der Waals surface area contributed by atoms with Gasteiger partial charge in [-0.25, -0.2) is 19.6 Å². The van der Waals surface area contributed by atoms with Crippen LogP contribution in [0.3, 0.4) is 0 Å². The summed E-state index contributed by atoms with van der Waals surface area (Å²) in [6.45, 7) is 10.2. The van der Waals surface area contributed by atoms with Crippen LogP contribution in [0.2, 0.25) is 5.15 Å². The number of hydrogen-bond donors (Lipinski definition) is 1. The smallest absolute Gasteiger partial charge is 0.413 e. The van der Waals surface area contributed by atoms with Crippen molar-refractivity contribution in [2.24, 2.45) is 0 Å². The first kappa shape index (κ1) is 20.0. The zero-order valence-electron chi connectivity index (χ0n) is 14.8. The standard InChI is InChI=1S/C15H22ClN3O5/c1-14(2,3)23-12(20)11-17-9(16)8(22-7)10(18-11)19-13(21)24-15(4,5)6/h1-7H3,(H,17,18,19,21). The van der Waals surface area contributed by atoms with Crippen LogP contribution in [0.4, 0.5) is 10.6 Å². The molecule has 0 saturated carbocycles. The molecule has 24 heavy (non-hydrogen) atoms. The number of carbonyl (C=O) groups excluding carboxylic acids is 2. The van der Waals surface area contributed by atoms with Gasteiger partial charge in [-0.1, -0.05) is 11.6 Å². The largest absolute Gasteiger partial charge is 0.490 e. The average molecular weight is 360 g/mol. The topological polar surface area (TPSA) is 99.6 Å². The van der Waals surface area contributed by atoms with Gasteiger partial charge in [-0.15, -0.1) is 0 Å². The molecule has 0 aliphatic carbocycles. The summed E-state index contributed by atoms with van der Waals surface area (Å²) in [7, 11) is 1.33. The van der Waals surface area contributed by atoms with Crippen LogP contribution in [0.1, 0.15) is 52.2 Å². The van der Waals surface area contributed by atoms with E-state index in [4.69, 9.17) is 25.8 Å². The molecule has 1 amide bonds. The molecule has 1 heterocycles. The second-order valence-corrected chi connectivity index (χ2v) is 7.21. The molecular formula is C15H22ClN3O5. The lowest BCUT2D eigenvalue weighted by Gasteiger charge is -2.21. The summed E-state index contributed by atoms with van der Waals surface area (Å²) in [5.74, 6) is -1.16. The van der Waals surface area contributed by atoms with Crippen LogP contribution in [0.25, 0.3) is 0 Å². The van der Waals surface area contributed by atoms with Gasteiger partial charge >= 0.3 is 12.1 Å². The predicted molar refractivity (Wildman–Crippen MR) is 88.6 cm³/mol. The first-order chi connectivity index (χ1) is 10.8. The van der Waals surface area contributed by atoms with Gasteiger partial charge in [-0.3, -0.25) is 5.32 Å². The van der Waals surface area contributed by atoms with Gasteiger partial charge in [-0.2, -0.15) is 0 Å². The molecule has 0 atom stereocenters. The number of anilines is 1. The minimum atomic E-state index is -0.778. The number of aromatic nitrogens is 2. The minimum absolute atomic E-state index is 0.00911. The number of hydrogen-bond acceptors (Lipinski definition) is 7. The predicted octanol–water partition coefficient (Wildman–Crippen LogP) is 3.44. The molecule has 1 N–H and O–H groups in total. The summed E-state index contributed by atoms with van der Waals surface area (Å²) in [6.07, 6.45) is -0.772. The van der Waals surface area contributed by atoms with Gasteiger partial charge in [0, 0.05) is 0 Å². The Hall–Kier alpha value is -2.09. The number of amides is 1. The molecule has 0 aliphatic heterocycles. The number of methoxy groups -OCH3 is 1. The van der Waals surface area contributed by atoms with E-state index in [1.54, 1.807) is 41.5 Å². The molecular weight excluding hydrogens is 338 g/mol. The third-order valence-corrected chi connectivity index (χ3v) is 2.49. The molecule has 0 bridgehead atoms. The maximum absolute atomic E-state index is 12.1. The Morgan fingerprint density at radius 1 is 1.00 bits per heavy atom. The molecule has 0 unspecified atom stereocenters. The van der Waals surface area contributed by atoms with Crippen molar-refractivity contribution in [3.8, 4) is 5.75 Å². The van der Waals surface area contributed by atoms with Gasteiger partial charge in [0.2, 0.25) is 5.82 Å². The van der Waals surface area contributed by atoms with Crippen molar-refractivity contribution in [3.05, 3.63) is 11.0 Å².